The molecule has 0 saturated heterocycles. The van der Waals surface area contributed by atoms with Gasteiger partial charge in [-0.1, -0.05) is 0 Å². The molecule has 1 aromatic rings. The van der Waals surface area contributed by atoms with Gasteiger partial charge in [-0.05, 0) is 38.1 Å². The van der Waals surface area contributed by atoms with Crippen LogP contribution in [0.25, 0.3) is 0 Å². The van der Waals surface area contributed by atoms with Crippen LogP contribution in [0, 0.1) is 0 Å². The minimum Gasteiger partial charge on any atom is -0.497 e. The first-order valence-corrected chi connectivity index (χ1v) is 6.87. The molecule has 100 valence electrons. The lowest BCUT2D eigenvalue weighted by atomic mass is 10.1. The molecule has 0 aromatic heterocycles. The summed E-state index contributed by atoms with van der Waals surface area (Å²) in [6.07, 6.45) is 0. The topological polar surface area (TPSA) is 64.3 Å². The number of anilines is 1. The fourth-order valence-corrected chi connectivity index (χ4v) is 2.16. The predicted molar refractivity (Wildman–Crippen MR) is 77.2 cm³/mol. The Labute approximate surface area is 112 Å². The average Bonchev–Trinajstić information content (AvgIpc) is 2.28. The molecule has 0 radical (unpaired) electrons. The summed E-state index contributed by atoms with van der Waals surface area (Å²) < 4.78 is 5.05. The molecule has 0 heterocycles. The van der Waals surface area contributed by atoms with Crippen molar-refractivity contribution < 1.29 is 9.53 Å². The number of thioether (sulfide) groups is 1. The molecule has 0 fully saturated rings. The predicted octanol–water partition coefficient (Wildman–Crippen LogP) is 2.10. The van der Waals surface area contributed by atoms with Crippen molar-refractivity contribution in [2.45, 2.75) is 19.4 Å². The Kier molecular flexibility index (Phi) is 5.50. The summed E-state index contributed by atoms with van der Waals surface area (Å²) in [7, 11) is 1.61. The maximum Gasteiger partial charge on any atom is 0.234 e. The number of carbonyl (C=O) groups excluding carboxylic acids is 1. The zero-order valence-electron chi connectivity index (χ0n) is 11.0. The second-order valence-corrected chi connectivity index (χ2v) is 5.74. The summed E-state index contributed by atoms with van der Waals surface area (Å²) in [5, 5.41) is 2.82. The largest absolute Gasteiger partial charge is 0.497 e. The van der Waals surface area contributed by atoms with E-state index in [-0.39, 0.29) is 11.4 Å². The zero-order valence-corrected chi connectivity index (χ0v) is 11.8. The van der Waals surface area contributed by atoms with Crippen molar-refractivity contribution in [3.8, 4) is 5.75 Å². The van der Waals surface area contributed by atoms with E-state index in [0.29, 0.717) is 5.75 Å². The lowest BCUT2D eigenvalue weighted by molar-refractivity contribution is -0.113. The summed E-state index contributed by atoms with van der Waals surface area (Å²) in [4.78, 5) is 11.6. The molecular weight excluding hydrogens is 248 g/mol. The quantitative estimate of drug-likeness (QED) is 0.829. The SMILES string of the molecule is COc1ccc(NC(=O)CSCC(C)(C)N)cc1. The van der Waals surface area contributed by atoms with Crippen LogP contribution < -0.4 is 15.8 Å². The second kappa shape index (κ2) is 6.66. The number of benzene rings is 1. The number of hydrogen-bond donors (Lipinski definition) is 2. The molecule has 0 bridgehead atoms. The third-order valence-electron chi connectivity index (χ3n) is 2.08. The van der Waals surface area contributed by atoms with Gasteiger partial charge in [0.2, 0.25) is 5.91 Å². The van der Waals surface area contributed by atoms with E-state index in [1.807, 2.05) is 38.1 Å². The lowest BCUT2D eigenvalue weighted by Crippen LogP contribution is -2.35. The van der Waals surface area contributed by atoms with Crippen LogP contribution in [0.1, 0.15) is 13.8 Å². The molecule has 0 aliphatic rings. The number of rotatable bonds is 6. The third kappa shape index (κ3) is 5.93. The second-order valence-electron chi connectivity index (χ2n) is 4.76. The number of carbonyl (C=O) groups is 1. The molecule has 1 rings (SSSR count). The van der Waals surface area contributed by atoms with Crippen LogP contribution in [-0.4, -0.2) is 30.1 Å². The Morgan fingerprint density at radius 1 is 1.39 bits per heavy atom. The number of ether oxygens (including phenoxy) is 1. The van der Waals surface area contributed by atoms with Crippen LogP contribution >= 0.6 is 11.8 Å². The van der Waals surface area contributed by atoms with Crippen LogP contribution in [0.3, 0.4) is 0 Å². The average molecular weight is 268 g/mol. The van der Waals surface area contributed by atoms with Crippen molar-refractivity contribution in [3.05, 3.63) is 24.3 Å². The number of nitrogens with two attached hydrogens (primary N) is 1. The van der Waals surface area contributed by atoms with E-state index >= 15 is 0 Å². The van der Waals surface area contributed by atoms with E-state index in [0.717, 1.165) is 17.2 Å². The van der Waals surface area contributed by atoms with Crippen LogP contribution in [0.15, 0.2) is 24.3 Å². The van der Waals surface area contributed by atoms with E-state index in [2.05, 4.69) is 5.32 Å². The summed E-state index contributed by atoms with van der Waals surface area (Å²) in [5.74, 6) is 1.91. The highest BCUT2D eigenvalue weighted by molar-refractivity contribution is 8.00. The molecular formula is C13H20N2O2S. The van der Waals surface area contributed by atoms with E-state index in [4.69, 9.17) is 10.5 Å². The molecule has 0 spiro atoms. The smallest absolute Gasteiger partial charge is 0.234 e. The van der Waals surface area contributed by atoms with Gasteiger partial charge in [0.1, 0.15) is 5.75 Å². The monoisotopic (exact) mass is 268 g/mol. The Balaban J connectivity index is 2.35. The van der Waals surface area contributed by atoms with Crippen molar-refractivity contribution in [3.63, 3.8) is 0 Å². The van der Waals surface area contributed by atoms with Gasteiger partial charge < -0.3 is 15.8 Å². The highest BCUT2D eigenvalue weighted by atomic mass is 32.2. The minimum atomic E-state index is -0.245. The minimum absolute atomic E-state index is 0.0191. The van der Waals surface area contributed by atoms with Gasteiger partial charge in [-0.15, -0.1) is 0 Å². The molecule has 3 N–H and O–H groups in total. The summed E-state index contributed by atoms with van der Waals surface area (Å²) in [6, 6.07) is 7.25. The molecule has 0 saturated carbocycles. The first-order chi connectivity index (χ1) is 8.40. The Morgan fingerprint density at radius 2 is 2.00 bits per heavy atom. The van der Waals surface area contributed by atoms with Crippen LogP contribution in [0.2, 0.25) is 0 Å². The standard InChI is InChI=1S/C13H20N2O2S/c1-13(2,14)9-18-8-12(16)15-10-4-6-11(17-3)7-5-10/h4-7H,8-9,14H2,1-3H3,(H,15,16). The Morgan fingerprint density at radius 3 is 2.50 bits per heavy atom. The lowest BCUT2D eigenvalue weighted by Gasteiger charge is -2.17. The van der Waals surface area contributed by atoms with Gasteiger partial charge in [0.25, 0.3) is 0 Å². The Bertz CT molecular complexity index is 385. The molecule has 0 atom stereocenters. The van der Waals surface area contributed by atoms with E-state index in [1.165, 1.54) is 11.8 Å². The zero-order chi connectivity index (χ0) is 13.6. The molecule has 18 heavy (non-hydrogen) atoms. The van der Waals surface area contributed by atoms with Crippen LogP contribution in [0.4, 0.5) is 5.69 Å². The number of methoxy groups -OCH3 is 1. The van der Waals surface area contributed by atoms with Crippen LogP contribution in [0.5, 0.6) is 5.75 Å². The van der Waals surface area contributed by atoms with Gasteiger partial charge in [0.15, 0.2) is 0 Å². The molecule has 0 aliphatic carbocycles. The molecule has 1 aromatic carbocycles. The highest BCUT2D eigenvalue weighted by Crippen LogP contribution is 2.16. The molecule has 4 nitrogen and oxygen atoms in total. The molecule has 5 heteroatoms. The van der Waals surface area contributed by atoms with Gasteiger partial charge in [0, 0.05) is 17.0 Å². The van der Waals surface area contributed by atoms with Crippen molar-refractivity contribution in [2.75, 3.05) is 23.9 Å². The first-order valence-electron chi connectivity index (χ1n) is 5.71. The van der Waals surface area contributed by atoms with Gasteiger partial charge in [-0.3, -0.25) is 4.79 Å². The van der Waals surface area contributed by atoms with Gasteiger partial charge in [-0.25, -0.2) is 0 Å². The fourth-order valence-electron chi connectivity index (χ4n) is 1.28. The Hall–Kier alpha value is -1.20. The van der Waals surface area contributed by atoms with Gasteiger partial charge >= 0.3 is 0 Å². The molecule has 0 unspecified atom stereocenters. The van der Waals surface area contributed by atoms with Crippen LogP contribution in [-0.2, 0) is 4.79 Å². The molecule has 0 aliphatic heterocycles. The van der Waals surface area contributed by atoms with Crippen molar-refractivity contribution in [1.82, 2.24) is 0 Å². The normalized spacial score (nSPS) is 11.1. The number of amides is 1. The summed E-state index contributed by atoms with van der Waals surface area (Å²) in [5.41, 5.74) is 6.37. The van der Waals surface area contributed by atoms with Crippen molar-refractivity contribution in [2.24, 2.45) is 5.73 Å². The third-order valence-corrected chi connectivity index (χ3v) is 3.50. The van der Waals surface area contributed by atoms with E-state index < -0.39 is 0 Å². The maximum atomic E-state index is 11.6. The molecule has 1 amide bonds. The van der Waals surface area contributed by atoms with E-state index in [9.17, 15) is 4.79 Å². The fraction of sp³-hybridized carbons (Fsp3) is 0.462. The summed E-state index contributed by atoms with van der Waals surface area (Å²) >= 11 is 1.53. The maximum absolute atomic E-state index is 11.6. The number of nitrogens with one attached hydrogen (secondary N) is 1. The van der Waals surface area contributed by atoms with Gasteiger partial charge in [0.05, 0.1) is 12.9 Å². The van der Waals surface area contributed by atoms with Gasteiger partial charge in [-0.2, -0.15) is 11.8 Å². The number of hydrogen-bond acceptors (Lipinski definition) is 4. The van der Waals surface area contributed by atoms with E-state index in [1.54, 1.807) is 7.11 Å². The summed E-state index contributed by atoms with van der Waals surface area (Å²) in [6.45, 7) is 3.89. The first kappa shape index (κ1) is 14.9. The highest BCUT2D eigenvalue weighted by Gasteiger charge is 2.11. The van der Waals surface area contributed by atoms with Crippen molar-refractivity contribution >= 4 is 23.4 Å². The van der Waals surface area contributed by atoms with Crippen molar-refractivity contribution in [1.29, 1.82) is 0 Å².